The van der Waals surface area contributed by atoms with Crippen molar-refractivity contribution >= 4 is 5.69 Å². The SMILES string of the molecule is NCc1ccc([N+](=O)[O-])c(OCc2ncccn2)c1. The molecular formula is C12H12N4O3. The molecule has 2 N–H and O–H groups in total. The van der Waals surface area contributed by atoms with E-state index in [-0.39, 0.29) is 24.6 Å². The highest BCUT2D eigenvalue weighted by Gasteiger charge is 2.15. The number of aromatic nitrogens is 2. The second-order valence-electron chi connectivity index (χ2n) is 3.72. The predicted molar refractivity (Wildman–Crippen MR) is 67.4 cm³/mol. The fourth-order valence-electron chi connectivity index (χ4n) is 1.50. The Morgan fingerprint density at radius 2 is 2.05 bits per heavy atom. The number of nitrogens with two attached hydrogens (primary N) is 1. The molecule has 98 valence electrons. The first kappa shape index (κ1) is 12.9. The summed E-state index contributed by atoms with van der Waals surface area (Å²) >= 11 is 0. The highest BCUT2D eigenvalue weighted by Crippen LogP contribution is 2.28. The Kier molecular flexibility index (Phi) is 3.99. The Labute approximate surface area is 109 Å². The zero-order valence-corrected chi connectivity index (χ0v) is 10.0. The molecule has 0 unspecified atom stereocenters. The van der Waals surface area contributed by atoms with Crippen LogP contribution >= 0.6 is 0 Å². The monoisotopic (exact) mass is 260 g/mol. The van der Waals surface area contributed by atoms with E-state index in [4.69, 9.17) is 10.5 Å². The zero-order chi connectivity index (χ0) is 13.7. The Bertz CT molecular complexity index is 574. The van der Waals surface area contributed by atoms with E-state index in [0.29, 0.717) is 5.82 Å². The van der Waals surface area contributed by atoms with Crippen LogP contribution in [0.1, 0.15) is 11.4 Å². The van der Waals surface area contributed by atoms with E-state index in [9.17, 15) is 10.1 Å². The molecule has 0 saturated heterocycles. The van der Waals surface area contributed by atoms with Crippen LogP contribution in [0.25, 0.3) is 0 Å². The average Bonchev–Trinajstić information content (AvgIpc) is 2.45. The number of nitro groups is 1. The van der Waals surface area contributed by atoms with Crippen molar-refractivity contribution in [3.63, 3.8) is 0 Å². The fraction of sp³-hybridized carbons (Fsp3) is 0.167. The van der Waals surface area contributed by atoms with Gasteiger partial charge in [0.2, 0.25) is 0 Å². The Morgan fingerprint density at radius 3 is 2.68 bits per heavy atom. The molecule has 1 aromatic carbocycles. The van der Waals surface area contributed by atoms with Crippen LogP contribution in [0.3, 0.4) is 0 Å². The number of hydrogen-bond donors (Lipinski definition) is 1. The lowest BCUT2D eigenvalue weighted by Gasteiger charge is -2.07. The van der Waals surface area contributed by atoms with Gasteiger partial charge in [0.25, 0.3) is 0 Å². The first-order valence-electron chi connectivity index (χ1n) is 5.57. The normalized spacial score (nSPS) is 10.2. The molecule has 2 aromatic rings. The van der Waals surface area contributed by atoms with Gasteiger partial charge < -0.3 is 10.5 Å². The summed E-state index contributed by atoms with van der Waals surface area (Å²) in [6.07, 6.45) is 3.16. The molecule has 0 radical (unpaired) electrons. The molecule has 7 nitrogen and oxygen atoms in total. The molecule has 0 amide bonds. The van der Waals surface area contributed by atoms with E-state index in [1.54, 1.807) is 30.6 Å². The largest absolute Gasteiger partial charge is 0.479 e. The highest BCUT2D eigenvalue weighted by molar-refractivity contribution is 5.48. The summed E-state index contributed by atoms with van der Waals surface area (Å²) in [6.45, 7) is 0.353. The van der Waals surface area contributed by atoms with Crippen LogP contribution in [0.4, 0.5) is 5.69 Å². The third-order valence-electron chi connectivity index (χ3n) is 2.43. The standard InChI is InChI=1S/C12H12N4O3/c13-7-9-2-3-10(16(17)18)11(6-9)19-8-12-14-4-1-5-15-12/h1-6H,7-8,13H2. The van der Waals surface area contributed by atoms with Gasteiger partial charge in [0, 0.05) is 25.0 Å². The van der Waals surface area contributed by atoms with Crippen LogP contribution in [-0.2, 0) is 13.2 Å². The van der Waals surface area contributed by atoms with Crippen molar-refractivity contribution in [2.24, 2.45) is 5.73 Å². The minimum absolute atomic E-state index is 0.0652. The zero-order valence-electron chi connectivity index (χ0n) is 10.0. The molecule has 7 heteroatoms. The quantitative estimate of drug-likeness (QED) is 0.644. The number of nitro benzene ring substituents is 1. The van der Waals surface area contributed by atoms with Crippen molar-refractivity contribution in [2.75, 3.05) is 0 Å². The summed E-state index contributed by atoms with van der Waals surface area (Å²) in [5.74, 6) is 0.621. The highest BCUT2D eigenvalue weighted by atomic mass is 16.6. The summed E-state index contributed by atoms with van der Waals surface area (Å²) in [7, 11) is 0. The number of rotatable bonds is 5. The molecule has 2 rings (SSSR count). The van der Waals surface area contributed by atoms with Crippen molar-refractivity contribution in [1.82, 2.24) is 9.97 Å². The van der Waals surface area contributed by atoms with Gasteiger partial charge in [-0.15, -0.1) is 0 Å². The summed E-state index contributed by atoms with van der Waals surface area (Å²) in [4.78, 5) is 18.4. The third-order valence-corrected chi connectivity index (χ3v) is 2.43. The summed E-state index contributed by atoms with van der Waals surface area (Å²) < 4.78 is 5.40. The molecule has 19 heavy (non-hydrogen) atoms. The molecule has 0 atom stereocenters. The average molecular weight is 260 g/mol. The topological polar surface area (TPSA) is 104 Å². The van der Waals surface area contributed by atoms with Crippen LogP contribution in [-0.4, -0.2) is 14.9 Å². The molecule has 0 saturated carbocycles. The van der Waals surface area contributed by atoms with E-state index in [1.807, 2.05) is 0 Å². The van der Waals surface area contributed by atoms with E-state index in [1.165, 1.54) is 6.07 Å². The third kappa shape index (κ3) is 3.23. The predicted octanol–water partition coefficient (Wildman–Crippen LogP) is 1.42. The van der Waals surface area contributed by atoms with Crippen molar-refractivity contribution < 1.29 is 9.66 Å². The van der Waals surface area contributed by atoms with Crippen molar-refractivity contribution in [1.29, 1.82) is 0 Å². The summed E-state index contributed by atoms with van der Waals surface area (Å²) in [5, 5.41) is 10.9. The molecule has 0 fully saturated rings. The van der Waals surface area contributed by atoms with Gasteiger partial charge in [0.15, 0.2) is 11.6 Å². The first-order valence-corrected chi connectivity index (χ1v) is 5.57. The van der Waals surface area contributed by atoms with Gasteiger partial charge in [-0.25, -0.2) is 9.97 Å². The Morgan fingerprint density at radius 1 is 1.32 bits per heavy atom. The van der Waals surface area contributed by atoms with Crippen LogP contribution < -0.4 is 10.5 Å². The Hall–Kier alpha value is -2.54. The minimum atomic E-state index is -0.499. The van der Waals surface area contributed by atoms with E-state index in [2.05, 4.69) is 9.97 Å². The molecule has 0 aliphatic rings. The second-order valence-corrected chi connectivity index (χ2v) is 3.72. The van der Waals surface area contributed by atoms with Gasteiger partial charge in [0.1, 0.15) is 6.61 Å². The summed E-state index contributed by atoms with van der Waals surface area (Å²) in [5.41, 5.74) is 6.16. The van der Waals surface area contributed by atoms with Gasteiger partial charge >= 0.3 is 5.69 Å². The number of ether oxygens (including phenoxy) is 1. The van der Waals surface area contributed by atoms with Gasteiger partial charge in [0.05, 0.1) is 4.92 Å². The molecule has 0 aliphatic carbocycles. The van der Waals surface area contributed by atoms with Crippen molar-refractivity contribution in [3.8, 4) is 5.75 Å². The van der Waals surface area contributed by atoms with Gasteiger partial charge in [-0.05, 0) is 17.7 Å². The second kappa shape index (κ2) is 5.87. The first-order chi connectivity index (χ1) is 9.20. The molecule has 0 spiro atoms. The maximum atomic E-state index is 10.9. The van der Waals surface area contributed by atoms with Crippen LogP contribution in [0.15, 0.2) is 36.7 Å². The van der Waals surface area contributed by atoms with Crippen LogP contribution in [0, 0.1) is 10.1 Å². The smallest absolute Gasteiger partial charge is 0.310 e. The van der Waals surface area contributed by atoms with Gasteiger partial charge in [-0.3, -0.25) is 10.1 Å². The van der Waals surface area contributed by atoms with Crippen molar-refractivity contribution in [3.05, 3.63) is 58.2 Å². The van der Waals surface area contributed by atoms with Crippen LogP contribution in [0.2, 0.25) is 0 Å². The number of benzene rings is 1. The minimum Gasteiger partial charge on any atom is -0.479 e. The molecule has 0 aliphatic heterocycles. The fourth-order valence-corrected chi connectivity index (χ4v) is 1.50. The number of nitrogens with zero attached hydrogens (tertiary/aromatic N) is 3. The van der Waals surface area contributed by atoms with E-state index < -0.39 is 4.92 Å². The van der Waals surface area contributed by atoms with Gasteiger partial charge in [-0.2, -0.15) is 0 Å². The lowest BCUT2D eigenvalue weighted by Crippen LogP contribution is -2.04. The summed E-state index contributed by atoms with van der Waals surface area (Å²) in [6, 6.07) is 6.22. The number of hydrogen-bond acceptors (Lipinski definition) is 6. The lowest BCUT2D eigenvalue weighted by atomic mass is 10.2. The maximum absolute atomic E-state index is 10.9. The molecule has 1 heterocycles. The molecular weight excluding hydrogens is 248 g/mol. The van der Waals surface area contributed by atoms with Gasteiger partial charge in [-0.1, -0.05) is 6.07 Å². The Balaban J connectivity index is 2.20. The maximum Gasteiger partial charge on any atom is 0.310 e. The molecule has 1 aromatic heterocycles. The van der Waals surface area contributed by atoms with Crippen molar-refractivity contribution in [2.45, 2.75) is 13.2 Å². The van der Waals surface area contributed by atoms with E-state index >= 15 is 0 Å². The molecule has 0 bridgehead atoms. The van der Waals surface area contributed by atoms with Crippen LogP contribution in [0.5, 0.6) is 5.75 Å². The lowest BCUT2D eigenvalue weighted by molar-refractivity contribution is -0.386. The van der Waals surface area contributed by atoms with E-state index in [0.717, 1.165) is 5.56 Å².